The van der Waals surface area contributed by atoms with Gasteiger partial charge in [-0.15, -0.1) is 0 Å². The highest BCUT2D eigenvalue weighted by molar-refractivity contribution is 5.74. The van der Waals surface area contributed by atoms with Crippen molar-refractivity contribution in [2.75, 3.05) is 53.5 Å². The molecule has 2 amide bonds. The monoisotopic (exact) mass is 266 g/mol. The molecule has 0 aromatic heterocycles. The maximum Gasteiger partial charge on any atom is 0.319 e. The number of ether oxygens (including phenoxy) is 1. The average molecular weight is 266 g/mol. The Bertz CT molecular complexity index is 363. The van der Waals surface area contributed by atoms with E-state index < -0.39 is 5.54 Å². The van der Waals surface area contributed by atoms with Crippen LogP contribution in [0.15, 0.2) is 0 Å². The Morgan fingerprint density at radius 3 is 2.26 bits per heavy atom. The number of piperidine rings is 1. The van der Waals surface area contributed by atoms with Gasteiger partial charge in [0.05, 0.1) is 19.3 Å². The SMILES string of the molecule is CN(C)C(=O)N1CCC(C#N)(N2CCOCC2)CC1. The molecular weight excluding hydrogens is 244 g/mol. The maximum absolute atomic E-state index is 11.9. The van der Waals surface area contributed by atoms with Crippen LogP contribution in [0.2, 0.25) is 0 Å². The highest BCUT2D eigenvalue weighted by Gasteiger charge is 2.41. The Labute approximate surface area is 114 Å². The average Bonchev–Trinajstić information content (AvgIpc) is 2.47. The number of hydrogen-bond acceptors (Lipinski definition) is 4. The van der Waals surface area contributed by atoms with Gasteiger partial charge >= 0.3 is 6.03 Å². The largest absolute Gasteiger partial charge is 0.379 e. The minimum Gasteiger partial charge on any atom is -0.379 e. The molecule has 6 nitrogen and oxygen atoms in total. The van der Waals surface area contributed by atoms with Crippen LogP contribution in [0.5, 0.6) is 0 Å². The molecule has 2 fully saturated rings. The number of amides is 2. The number of morpholine rings is 1. The molecule has 0 atom stereocenters. The van der Waals surface area contributed by atoms with Gasteiger partial charge < -0.3 is 14.5 Å². The third-order valence-electron chi connectivity index (χ3n) is 4.07. The molecule has 0 bridgehead atoms. The van der Waals surface area contributed by atoms with Crippen molar-refractivity contribution in [1.29, 1.82) is 5.26 Å². The molecule has 106 valence electrons. The number of carbonyl (C=O) groups is 1. The lowest BCUT2D eigenvalue weighted by molar-refractivity contribution is -0.0214. The molecular formula is C13H22N4O2. The zero-order valence-corrected chi connectivity index (χ0v) is 11.8. The van der Waals surface area contributed by atoms with Crippen LogP contribution in [0.4, 0.5) is 4.79 Å². The van der Waals surface area contributed by atoms with Gasteiger partial charge in [-0.25, -0.2) is 4.79 Å². The predicted molar refractivity (Wildman–Crippen MR) is 70.6 cm³/mol. The topological polar surface area (TPSA) is 59.8 Å². The van der Waals surface area contributed by atoms with Crippen LogP contribution < -0.4 is 0 Å². The molecule has 0 aliphatic carbocycles. The second kappa shape index (κ2) is 5.76. The summed E-state index contributed by atoms with van der Waals surface area (Å²) >= 11 is 0. The minimum absolute atomic E-state index is 0.0357. The van der Waals surface area contributed by atoms with Gasteiger partial charge in [0, 0.05) is 40.3 Å². The lowest BCUT2D eigenvalue weighted by atomic mass is 9.86. The van der Waals surface area contributed by atoms with Gasteiger partial charge in [-0.3, -0.25) is 4.90 Å². The number of nitrogens with zero attached hydrogens (tertiary/aromatic N) is 4. The molecule has 2 rings (SSSR count). The highest BCUT2D eigenvalue weighted by Crippen LogP contribution is 2.29. The number of hydrogen-bond donors (Lipinski definition) is 0. The van der Waals surface area contributed by atoms with E-state index in [0.717, 1.165) is 25.9 Å². The lowest BCUT2D eigenvalue weighted by Crippen LogP contribution is -2.59. The lowest BCUT2D eigenvalue weighted by Gasteiger charge is -2.45. The number of rotatable bonds is 1. The van der Waals surface area contributed by atoms with Crippen LogP contribution in [0, 0.1) is 11.3 Å². The molecule has 2 aliphatic rings. The van der Waals surface area contributed by atoms with Crippen molar-refractivity contribution in [3.8, 4) is 6.07 Å². The second-order valence-corrected chi connectivity index (χ2v) is 5.41. The molecule has 0 radical (unpaired) electrons. The molecule has 0 aromatic rings. The number of nitriles is 1. The van der Waals surface area contributed by atoms with Crippen molar-refractivity contribution in [2.45, 2.75) is 18.4 Å². The summed E-state index contributed by atoms with van der Waals surface area (Å²) in [5.41, 5.74) is -0.410. The Morgan fingerprint density at radius 1 is 1.21 bits per heavy atom. The number of carbonyl (C=O) groups excluding carboxylic acids is 1. The third-order valence-corrected chi connectivity index (χ3v) is 4.07. The van der Waals surface area contributed by atoms with E-state index in [9.17, 15) is 10.1 Å². The third kappa shape index (κ3) is 2.82. The Hall–Kier alpha value is -1.32. The van der Waals surface area contributed by atoms with Gasteiger partial charge in [-0.1, -0.05) is 0 Å². The summed E-state index contributed by atoms with van der Waals surface area (Å²) in [7, 11) is 3.52. The van der Waals surface area contributed by atoms with E-state index >= 15 is 0 Å². The Balaban J connectivity index is 1.99. The van der Waals surface area contributed by atoms with Crippen molar-refractivity contribution in [3.63, 3.8) is 0 Å². The summed E-state index contributed by atoms with van der Waals surface area (Å²) in [5, 5.41) is 9.58. The van der Waals surface area contributed by atoms with Crippen LogP contribution in [0.1, 0.15) is 12.8 Å². The Morgan fingerprint density at radius 2 is 1.79 bits per heavy atom. The van der Waals surface area contributed by atoms with Crippen molar-refractivity contribution in [2.24, 2.45) is 0 Å². The Kier molecular flexibility index (Phi) is 4.27. The molecule has 0 N–H and O–H groups in total. The van der Waals surface area contributed by atoms with Gasteiger partial charge in [0.1, 0.15) is 5.54 Å². The maximum atomic E-state index is 11.9. The van der Waals surface area contributed by atoms with Crippen molar-refractivity contribution in [1.82, 2.24) is 14.7 Å². The second-order valence-electron chi connectivity index (χ2n) is 5.41. The molecule has 2 aliphatic heterocycles. The zero-order valence-electron chi connectivity index (χ0n) is 11.8. The smallest absolute Gasteiger partial charge is 0.319 e. The normalized spacial score (nSPS) is 23.7. The standard InChI is InChI=1S/C13H22N4O2/c1-15(2)12(18)16-5-3-13(11-14,4-6-16)17-7-9-19-10-8-17/h3-10H2,1-2H3. The van der Waals surface area contributed by atoms with Gasteiger partial charge in [-0.05, 0) is 12.8 Å². The highest BCUT2D eigenvalue weighted by atomic mass is 16.5. The van der Waals surface area contributed by atoms with Crippen LogP contribution in [-0.2, 0) is 4.74 Å². The predicted octanol–water partition coefficient (Wildman–Crippen LogP) is 0.358. The fourth-order valence-electron chi connectivity index (χ4n) is 2.84. The molecule has 0 unspecified atom stereocenters. The summed E-state index contributed by atoms with van der Waals surface area (Å²) in [5.74, 6) is 0. The van der Waals surface area contributed by atoms with E-state index in [-0.39, 0.29) is 6.03 Å². The number of urea groups is 1. The van der Waals surface area contributed by atoms with E-state index in [0.29, 0.717) is 26.3 Å². The molecule has 19 heavy (non-hydrogen) atoms. The van der Waals surface area contributed by atoms with Crippen LogP contribution in [0.25, 0.3) is 0 Å². The van der Waals surface area contributed by atoms with Gasteiger partial charge in [0.2, 0.25) is 0 Å². The first-order chi connectivity index (χ1) is 9.09. The van der Waals surface area contributed by atoms with Gasteiger partial charge in [0.15, 0.2) is 0 Å². The zero-order chi connectivity index (χ0) is 13.9. The van der Waals surface area contributed by atoms with Crippen LogP contribution in [-0.4, -0.2) is 79.8 Å². The fourth-order valence-corrected chi connectivity index (χ4v) is 2.84. The summed E-state index contributed by atoms with van der Waals surface area (Å²) in [4.78, 5) is 17.6. The summed E-state index contributed by atoms with van der Waals surface area (Å²) < 4.78 is 5.35. The molecule has 2 heterocycles. The summed E-state index contributed by atoms with van der Waals surface area (Å²) in [6, 6.07) is 2.53. The molecule has 0 saturated carbocycles. The van der Waals surface area contributed by atoms with Gasteiger partial charge in [-0.2, -0.15) is 5.26 Å². The van der Waals surface area contributed by atoms with E-state index in [1.165, 1.54) is 0 Å². The molecule has 0 aromatic carbocycles. The van der Waals surface area contributed by atoms with Crippen LogP contribution >= 0.6 is 0 Å². The first kappa shape index (κ1) is 14.1. The summed E-state index contributed by atoms with van der Waals surface area (Å²) in [6.07, 6.45) is 1.45. The molecule has 0 spiro atoms. The van der Waals surface area contributed by atoms with Gasteiger partial charge in [0.25, 0.3) is 0 Å². The van der Waals surface area contributed by atoms with E-state index in [2.05, 4.69) is 11.0 Å². The first-order valence-electron chi connectivity index (χ1n) is 6.79. The van der Waals surface area contributed by atoms with E-state index in [1.54, 1.807) is 19.0 Å². The quantitative estimate of drug-likeness (QED) is 0.687. The molecule has 2 saturated heterocycles. The van der Waals surface area contributed by atoms with Crippen molar-refractivity contribution in [3.05, 3.63) is 0 Å². The first-order valence-corrected chi connectivity index (χ1v) is 6.79. The van der Waals surface area contributed by atoms with Crippen LogP contribution in [0.3, 0.4) is 0 Å². The number of likely N-dealkylation sites (tertiary alicyclic amines) is 1. The molecule has 6 heteroatoms. The van der Waals surface area contributed by atoms with E-state index in [1.807, 2.05) is 4.90 Å². The fraction of sp³-hybridized carbons (Fsp3) is 0.846. The minimum atomic E-state index is -0.410. The summed E-state index contributed by atoms with van der Waals surface area (Å²) in [6.45, 7) is 4.34. The van der Waals surface area contributed by atoms with E-state index in [4.69, 9.17) is 4.74 Å². The van der Waals surface area contributed by atoms with Crippen molar-refractivity contribution < 1.29 is 9.53 Å². The van der Waals surface area contributed by atoms with Crippen molar-refractivity contribution >= 4 is 6.03 Å².